The molecule has 1 unspecified atom stereocenters. The van der Waals surface area contributed by atoms with Gasteiger partial charge in [0, 0.05) is 10.6 Å². The number of nitriles is 1. The second-order valence-corrected chi connectivity index (χ2v) is 5.93. The molecule has 0 spiro atoms. The van der Waals surface area contributed by atoms with Gasteiger partial charge in [0.2, 0.25) is 5.91 Å². The molecular weight excluding hydrogens is 300 g/mol. The van der Waals surface area contributed by atoms with E-state index >= 15 is 0 Å². The van der Waals surface area contributed by atoms with Crippen LogP contribution in [0, 0.1) is 11.3 Å². The third-order valence-electron chi connectivity index (χ3n) is 3.13. The number of nitrogens with zero attached hydrogens (tertiary/aromatic N) is 1. The maximum absolute atomic E-state index is 12.0. The summed E-state index contributed by atoms with van der Waals surface area (Å²) in [7, 11) is 0. The number of carbonyl (C=O) groups excluding carboxylic acids is 1. The van der Waals surface area contributed by atoms with Crippen LogP contribution in [0.15, 0.2) is 35.7 Å². The van der Waals surface area contributed by atoms with Gasteiger partial charge in [0.25, 0.3) is 0 Å². The number of thiophene rings is 1. The Hall–Kier alpha value is -2.36. The summed E-state index contributed by atoms with van der Waals surface area (Å²) in [6.07, 6.45) is 0.466. The first-order valence-corrected chi connectivity index (χ1v) is 7.73. The van der Waals surface area contributed by atoms with Crippen LogP contribution in [0.2, 0.25) is 0 Å². The van der Waals surface area contributed by atoms with Crippen LogP contribution in [-0.4, -0.2) is 25.2 Å². The molecule has 0 radical (unpaired) electrons. The van der Waals surface area contributed by atoms with Gasteiger partial charge < -0.3 is 14.8 Å². The fourth-order valence-electron chi connectivity index (χ4n) is 1.94. The van der Waals surface area contributed by atoms with Gasteiger partial charge >= 0.3 is 0 Å². The highest BCUT2D eigenvalue weighted by atomic mass is 32.1. The molecule has 1 amide bonds. The summed E-state index contributed by atoms with van der Waals surface area (Å²) in [5.41, 5.74) is 0.989. The van der Waals surface area contributed by atoms with Crippen LogP contribution in [0.4, 0.5) is 5.69 Å². The van der Waals surface area contributed by atoms with E-state index in [1.165, 1.54) is 0 Å². The molecule has 2 heterocycles. The Morgan fingerprint density at radius 1 is 1.50 bits per heavy atom. The molecule has 1 aromatic carbocycles. The van der Waals surface area contributed by atoms with Crippen molar-refractivity contribution in [2.24, 2.45) is 0 Å². The molecule has 1 aliphatic heterocycles. The lowest BCUT2D eigenvalue weighted by Crippen LogP contribution is -2.14. The van der Waals surface area contributed by atoms with Crippen LogP contribution in [0.5, 0.6) is 5.75 Å². The SMILES string of the molecule is N#Cc1cc(NC(=O)Cc2cccs2)ccc1OCC1CO1. The lowest BCUT2D eigenvalue weighted by atomic mass is 10.2. The number of hydrogen-bond acceptors (Lipinski definition) is 5. The Labute approximate surface area is 132 Å². The molecule has 1 saturated heterocycles. The first-order chi connectivity index (χ1) is 10.7. The number of nitrogens with one attached hydrogen (secondary N) is 1. The Morgan fingerprint density at radius 2 is 2.36 bits per heavy atom. The minimum Gasteiger partial charge on any atom is -0.489 e. The van der Waals surface area contributed by atoms with E-state index in [1.807, 2.05) is 17.5 Å². The Morgan fingerprint density at radius 3 is 3.05 bits per heavy atom. The first kappa shape index (κ1) is 14.6. The number of rotatable bonds is 6. The van der Waals surface area contributed by atoms with Crippen molar-refractivity contribution in [2.75, 3.05) is 18.5 Å². The first-order valence-electron chi connectivity index (χ1n) is 6.85. The fourth-order valence-corrected chi connectivity index (χ4v) is 2.65. The number of anilines is 1. The van der Waals surface area contributed by atoms with Gasteiger partial charge in [0.15, 0.2) is 0 Å². The second-order valence-electron chi connectivity index (χ2n) is 4.89. The van der Waals surface area contributed by atoms with Crippen LogP contribution in [0.1, 0.15) is 10.4 Å². The Bertz CT molecular complexity index is 703. The van der Waals surface area contributed by atoms with Crippen molar-refractivity contribution in [2.45, 2.75) is 12.5 Å². The molecule has 3 rings (SSSR count). The van der Waals surface area contributed by atoms with Gasteiger partial charge in [-0.25, -0.2) is 0 Å². The molecule has 2 aromatic rings. The van der Waals surface area contributed by atoms with E-state index < -0.39 is 0 Å². The van der Waals surface area contributed by atoms with Gasteiger partial charge in [-0.05, 0) is 29.6 Å². The number of carbonyl (C=O) groups is 1. The molecule has 0 bridgehead atoms. The molecule has 1 fully saturated rings. The van der Waals surface area contributed by atoms with Crippen molar-refractivity contribution in [3.05, 3.63) is 46.2 Å². The zero-order valence-corrected chi connectivity index (χ0v) is 12.6. The number of benzene rings is 1. The van der Waals surface area contributed by atoms with Crippen molar-refractivity contribution < 1.29 is 14.3 Å². The van der Waals surface area contributed by atoms with Crippen LogP contribution in [0.3, 0.4) is 0 Å². The highest BCUT2D eigenvalue weighted by Gasteiger charge is 2.23. The summed E-state index contributed by atoms with van der Waals surface area (Å²) in [6, 6.07) is 11.0. The standard InChI is InChI=1S/C16H14N2O3S/c17-8-11-6-12(3-4-15(11)21-10-13-9-20-13)18-16(19)7-14-2-1-5-22-14/h1-6,13H,7,9-10H2,(H,18,19). The Kier molecular flexibility index (Phi) is 4.37. The van der Waals surface area contributed by atoms with E-state index in [0.29, 0.717) is 36.6 Å². The molecule has 5 nitrogen and oxygen atoms in total. The summed E-state index contributed by atoms with van der Waals surface area (Å²) in [5.74, 6) is 0.403. The molecule has 0 saturated carbocycles. The molecule has 22 heavy (non-hydrogen) atoms. The monoisotopic (exact) mass is 314 g/mol. The highest BCUT2D eigenvalue weighted by molar-refractivity contribution is 7.10. The van der Waals surface area contributed by atoms with Crippen LogP contribution >= 0.6 is 11.3 Å². The van der Waals surface area contributed by atoms with E-state index in [2.05, 4.69) is 11.4 Å². The average molecular weight is 314 g/mol. The van der Waals surface area contributed by atoms with Gasteiger partial charge in [-0.3, -0.25) is 4.79 Å². The van der Waals surface area contributed by atoms with Gasteiger partial charge in [0.05, 0.1) is 18.6 Å². The van der Waals surface area contributed by atoms with Crippen molar-refractivity contribution in [1.82, 2.24) is 0 Å². The third kappa shape index (κ3) is 3.85. The lowest BCUT2D eigenvalue weighted by molar-refractivity contribution is -0.115. The van der Waals surface area contributed by atoms with Crippen molar-refractivity contribution in [1.29, 1.82) is 5.26 Å². The van der Waals surface area contributed by atoms with E-state index in [4.69, 9.17) is 9.47 Å². The van der Waals surface area contributed by atoms with Gasteiger partial charge in [-0.1, -0.05) is 6.07 Å². The van der Waals surface area contributed by atoms with E-state index in [9.17, 15) is 10.1 Å². The molecule has 6 heteroatoms. The smallest absolute Gasteiger partial charge is 0.229 e. The van der Waals surface area contributed by atoms with Crippen LogP contribution in [-0.2, 0) is 16.0 Å². The highest BCUT2D eigenvalue weighted by Crippen LogP contribution is 2.24. The largest absolute Gasteiger partial charge is 0.489 e. The maximum Gasteiger partial charge on any atom is 0.229 e. The van der Waals surface area contributed by atoms with Gasteiger partial charge in [0.1, 0.15) is 24.5 Å². The van der Waals surface area contributed by atoms with Crippen molar-refractivity contribution >= 4 is 22.9 Å². The maximum atomic E-state index is 12.0. The summed E-state index contributed by atoms with van der Waals surface area (Å²) < 4.78 is 10.6. The predicted octanol–water partition coefficient (Wildman–Crippen LogP) is 2.58. The number of epoxide rings is 1. The Balaban J connectivity index is 1.63. The zero-order valence-electron chi connectivity index (χ0n) is 11.7. The van der Waals surface area contributed by atoms with E-state index in [-0.39, 0.29) is 12.0 Å². The molecule has 112 valence electrons. The molecule has 1 atom stereocenters. The average Bonchev–Trinajstić information content (AvgIpc) is 3.21. The fraction of sp³-hybridized carbons (Fsp3) is 0.250. The van der Waals surface area contributed by atoms with Gasteiger partial charge in [-0.2, -0.15) is 5.26 Å². The molecule has 1 aliphatic rings. The van der Waals surface area contributed by atoms with Crippen LogP contribution < -0.4 is 10.1 Å². The molecular formula is C16H14N2O3S. The second kappa shape index (κ2) is 6.60. The van der Waals surface area contributed by atoms with Crippen molar-refractivity contribution in [3.8, 4) is 11.8 Å². The summed E-state index contributed by atoms with van der Waals surface area (Å²) in [4.78, 5) is 13.0. The quantitative estimate of drug-likeness (QED) is 0.832. The summed E-state index contributed by atoms with van der Waals surface area (Å²) in [6.45, 7) is 1.15. The topological polar surface area (TPSA) is 74.7 Å². The number of amides is 1. The van der Waals surface area contributed by atoms with Crippen LogP contribution in [0.25, 0.3) is 0 Å². The molecule has 0 aliphatic carbocycles. The number of ether oxygens (including phenoxy) is 2. The molecule has 1 N–H and O–H groups in total. The van der Waals surface area contributed by atoms with E-state index in [1.54, 1.807) is 29.5 Å². The minimum atomic E-state index is -0.105. The van der Waals surface area contributed by atoms with Gasteiger partial charge in [-0.15, -0.1) is 11.3 Å². The zero-order chi connectivity index (χ0) is 15.4. The van der Waals surface area contributed by atoms with Crippen molar-refractivity contribution in [3.63, 3.8) is 0 Å². The molecule has 1 aromatic heterocycles. The minimum absolute atomic E-state index is 0.105. The lowest BCUT2D eigenvalue weighted by Gasteiger charge is -2.09. The third-order valence-corrected chi connectivity index (χ3v) is 4.00. The summed E-state index contributed by atoms with van der Waals surface area (Å²) in [5, 5.41) is 13.9. The normalized spacial score (nSPS) is 15.9. The summed E-state index contributed by atoms with van der Waals surface area (Å²) >= 11 is 1.54. The number of hydrogen-bond donors (Lipinski definition) is 1. The van der Waals surface area contributed by atoms with E-state index in [0.717, 1.165) is 4.88 Å². The predicted molar refractivity (Wildman–Crippen MR) is 83.0 cm³/mol.